The van der Waals surface area contributed by atoms with Crippen LogP contribution in [0.3, 0.4) is 0 Å². The lowest BCUT2D eigenvalue weighted by atomic mass is 10.0. The summed E-state index contributed by atoms with van der Waals surface area (Å²) in [5, 5.41) is 4.67. The summed E-state index contributed by atoms with van der Waals surface area (Å²) in [6.45, 7) is 9.14. The minimum Gasteiger partial charge on any atom is -0.488 e. The van der Waals surface area contributed by atoms with Crippen LogP contribution < -0.4 is 10.1 Å². The Bertz CT molecular complexity index is 1030. The van der Waals surface area contributed by atoms with E-state index in [0.717, 1.165) is 54.7 Å². The van der Waals surface area contributed by atoms with Gasteiger partial charge in [-0.1, -0.05) is 18.7 Å². The van der Waals surface area contributed by atoms with Crippen molar-refractivity contribution >= 4 is 23.2 Å². The van der Waals surface area contributed by atoms with Crippen LogP contribution in [-0.2, 0) is 29.2 Å². The highest BCUT2D eigenvalue weighted by atomic mass is 32.1. The molecule has 168 valence electrons. The monoisotopic (exact) mass is 453 g/mol. The molecule has 2 aromatic rings. The molecule has 1 aromatic heterocycles. The Balaban J connectivity index is 1.19. The highest BCUT2D eigenvalue weighted by Gasteiger charge is 2.39. The number of nitrogens with one attached hydrogen (secondary N) is 1. The molecule has 1 atom stereocenters. The summed E-state index contributed by atoms with van der Waals surface area (Å²) < 4.78 is 11.4. The first-order valence-corrected chi connectivity index (χ1v) is 11.9. The Morgan fingerprint density at radius 3 is 2.72 bits per heavy atom. The maximum absolute atomic E-state index is 12.9. The number of ether oxygens (including phenoxy) is 2. The predicted octanol–water partition coefficient (Wildman–Crippen LogP) is 2.91. The first kappa shape index (κ1) is 21.2. The van der Waals surface area contributed by atoms with E-state index < -0.39 is 6.04 Å². The zero-order valence-electron chi connectivity index (χ0n) is 18.0. The van der Waals surface area contributed by atoms with Crippen molar-refractivity contribution in [2.24, 2.45) is 0 Å². The van der Waals surface area contributed by atoms with E-state index in [-0.39, 0.29) is 11.8 Å². The van der Waals surface area contributed by atoms with E-state index >= 15 is 0 Å². The van der Waals surface area contributed by atoms with Gasteiger partial charge in [0.05, 0.1) is 18.8 Å². The quantitative estimate of drug-likeness (QED) is 0.728. The number of allylic oxidation sites excluding steroid dienone is 1. The second-order valence-electron chi connectivity index (χ2n) is 8.45. The molecule has 2 saturated heterocycles. The van der Waals surface area contributed by atoms with Crippen molar-refractivity contribution in [1.29, 1.82) is 0 Å². The van der Waals surface area contributed by atoms with Crippen molar-refractivity contribution in [3.05, 3.63) is 63.5 Å². The average molecular weight is 454 g/mol. The fraction of sp³-hybridized carbons (Fsp3) is 0.417. The van der Waals surface area contributed by atoms with Crippen LogP contribution in [0.1, 0.15) is 39.2 Å². The molecule has 0 unspecified atom stereocenters. The lowest BCUT2D eigenvalue weighted by Gasteiger charge is -2.31. The number of carbonyl (C=O) groups is 2. The van der Waals surface area contributed by atoms with E-state index in [2.05, 4.69) is 28.9 Å². The molecule has 3 aliphatic heterocycles. The number of morpholine rings is 1. The van der Waals surface area contributed by atoms with Gasteiger partial charge < -0.3 is 19.7 Å². The van der Waals surface area contributed by atoms with E-state index in [9.17, 15) is 9.59 Å². The number of thiophene rings is 1. The van der Waals surface area contributed by atoms with E-state index in [4.69, 9.17) is 9.47 Å². The molecular weight excluding hydrogens is 426 g/mol. The first-order chi connectivity index (χ1) is 15.6. The highest BCUT2D eigenvalue weighted by molar-refractivity contribution is 7.10. The smallest absolute Gasteiger partial charge is 0.256 e. The summed E-state index contributed by atoms with van der Waals surface area (Å²) in [6.07, 6.45) is 1.32. The molecule has 0 radical (unpaired) electrons. The van der Waals surface area contributed by atoms with Crippen LogP contribution in [0, 0.1) is 0 Å². The van der Waals surface area contributed by atoms with Crippen molar-refractivity contribution in [3.63, 3.8) is 0 Å². The number of amides is 2. The maximum atomic E-state index is 12.9. The molecule has 2 amide bonds. The van der Waals surface area contributed by atoms with Crippen LogP contribution in [0.2, 0.25) is 0 Å². The summed E-state index contributed by atoms with van der Waals surface area (Å²) in [5.41, 5.74) is 3.66. The van der Waals surface area contributed by atoms with Crippen LogP contribution in [-0.4, -0.2) is 54.0 Å². The summed E-state index contributed by atoms with van der Waals surface area (Å²) in [5.74, 6) is 0.602. The Morgan fingerprint density at radius 2 is 1.97 bits per heavy atom. The van der Waals surface area contributed by atoms with Crippen molar-refractivity contribution < 1.29 is 19.1 Å². The molecule has 5 rings (SSSR count). The Labute approximate surface area is 191 Å². The van der Waals surface area contributed by atoms with Gasteiger partial charge in [0.15, 0.2) is 0 Å². The Kier molecular flexibility index (Phi) is 5.99. The van der Waals surface area contributed by atoms with Gasteiger partial charge in [0.1, 0.15) is 18.4 Å². The number of carbonyl (C=O) groups excluding carboxylic acids is 2. The number of benzene rings is 1. The summed E-state index contributed by atoms with van der Waals surface area (Å²) >= 11 is 1.55. The Hall–Kier alpha value is -2.68. The van der Waals surface area contributed by atoms with Crippen molar-refractivity contribution in [2.45, 2.75) is 38.6 Å². The van der Waals surface area contributed by atoms with Gasteiger partial charge in [-0.15, -0.1) is 11.3 Å². The van der Waals surface area contributed by atoms with Gasteiger partial charge in [-0.25, -0.2) is 0 Å². The van der Waals surface area contributed by atoms with Crippen molar-refractivity contribution in [3.8, 4) is 5.75 Å². The number of piperidine rings is 1. The predicted molar refractivity (Wildman–Crippen MR) is 121 cm³/mol. The third kappa shape index (κ3) is 4.30. The lowest BCUT2D eigenvalue weighted by molar-refractivity contribution is -0.126. The second kappa shape index (κ2) is 9.05. The van der Waals surface area contributed by atoms with Crippen molar-refractivity contribution in [2.75, 3.05) is 26.3 Å². The van der Waals surface area contributed by atoms with Gasteiger partial charge >= 0.3 is 0 Å². The molecule has 2 fully saturated rings. The molecule has 0 aliphatic carbocycles. The lowest BCUT2D eigenvalue weighted by Crippen LogP contribution is -2.49. The number of hydrogen-bond donors (Lipinski definition) is 1. The standard InChI is InChI=1S/C24H27N3O4S/c1-16-2-7-21(23(28)25-16)27-13-19-20(24(27)29)15-32-22(19)14-31-18-5-3-17(4-6-18)12-26-8-10-30-11-9-26/h3-6,15,21H,1-2,7-14H2,(H,25,28)/t21-/m0/s1. The maximum Gasteiger partial charge on any atom is 0.256 e. The largest absolute Gasteiger partial charge is 0.488 e. The zero-order chi connectivity index (χ0) is 22.1. The second-order valence-corrected chi connectivity index (χ2v) is 9.42. The van der Waals surface area contributed by atoms with Crippen LogP contribution in [0.5, 0.6) is 5.75 Å². The van der Waals surface area contributed by atoms with E-state index in [1.807, 2.05) is 17.5 Å². The molecule has 3 aliphatic rings. The minimum atomic E-state index is -0.432. The Morgan fingerprint density at radius 1 is 1.19 bits per heavy atom. The van der Waals surface area contributed by atoms with Gasteiger partial charge in [0.2, 0.25) is 5.91 Å². The van der Waals surface area contributed by atoms with Crippen LogP contribution in [0.4, 0.5) is 0 Å². The van der Waals surface area contributed by atoms with Gasteiger partial charge in [0.25, 0.3) is 5.91 Å². The molecular formula is C24H27N3O4S. The van der Waals surface area contributed by atoms with E-state index in [1.54, 1.807) is 16.2 Å². The van der Waals surface area contributed by atoms with Gasteiger partial charge in [-0.3, -0.25) is 14.5 Å². The molecule has 4 heterocycles. The minimum absolute atomic E-state index is 0.0670. The topological polar surface area (TPSA) is 71.1 Å². The molecule has 1 aromatic carbocycles. The fourth-order valence-corrected chi connectivity index (χ4v) is 5.41. The molecule has 7 nitrogen and oxygen atoms in total. The van der Waals surface area contributed by atoms with Gasteiger partial charge in [0, 0.05) is 47.7 Å². The van der Waals surface area contributed by atoms with E-state index in [0.29, 0.717) is 31.6 Å². The van der Waals surface area contributed by atoms with E-state index in [1.165, 1.54) is 5.56 Å². The SMILES string of the molecule is C=C1CC[C@H](N2Cc3c(csc3COc3ccc(CN4CCOCC4)cc3)C2=O)C(=O)N1. The third-order valence-electron chi connectivity index (χ3n) is 6.30. The third-order valence-corrected chi connectivity index (χ3v) is 7.30. The number of rotatable bonds is 6. The molecule has 32 heavy (non-hydrogen) atoms. The van der Waals surface area contributed by atoms with Gasteiger partial charge in [-0.05, 0) is 30.5 Å². The normalized spacial score (nSPS) is 21.6. The molecule has 1 N–H and O–H groups in total. The van der Waals surface area contributed by atoms with Crippen molar-refractivity contribution in [1.82, 2.24) is 15.1 Å². The first-order valence-electron chi connectivity index (χ1n) is 11.0. The molecule has 0 spiro atoms. The molecule has 0 bridgehead atoms. The summed E-state index contributed by atoms with van der Waals surface area (Å²) in [4.78, 5) is 30.4. The fourth-order valence-electron chi connectivity index (χ4n) is 4.46. The summed E-state index contributed by atoms with van der Waals surface area (Å²) in [6, 6.07) is 7.77. The number of fused-ring (bicyclic) bond motifs is 1. The zero-order valence-corrected chi connectivity index (χ0v) is 18.8. The molecule has 8 heteroatoms. The number of nitrogens with zero attached hydrogens (tertiary/aromatic N) is 2. The van der Waals surface area contributed by atoms with Crippen LogP contribution >= 0.6 is 11.3 Å². The van der Waals surface area contributed by atoms with Gasteiger partial charge in [-0.2, -0.15) is 0 Å². The number of hydrogen-bond acceptors (Lipinski definition) is 6. The van der Waals surface area contributed by atoms with Crippen LogP contribution in [0.15, 0.2) is 41.9 Å². The van der Waals surface area contributed by atoms with Crippen LogP contribution in [0.25, 0.3) is 0 Å². The molecule has 0 saturated carbocycles. The average Bonchev–Trinajstić information content (AvgIpc) is 3.34. The summed E-state index contributed by atoms with van der Waals surface area (Å²) in [7, 11) is 0. The highest BCUT2D eigenvalue weighted by Crippen LogP contribution is 2.34.